The lowest BCUT2D eigenvalue weighted by atomic mass is 10.1. The van der Waals surface area contributed by atoms with E-state index in [1.165, 1.54) is 6.08 Å². The zero-order chi connectivity index (χ0) is 16.7. The van der Waals surface area contributed by atoms with Crippen LogP contribution in [0.5, 0.6) is 11.5 Å². The number of carbonyl (C=O) groups is 1. The first-order valence-corrected chi connectivity index (χ1v) is 7.26. The molecule has 0 N–H and O–H groups in total. The molecular formula is C19H18O4. The summed E-state index contributed by atoms with van der Waals surface area (Å²) in [6.07, 6.45) is 8.36. The van der Waals surface area contributed by atoms with Crippen LogP contribution >= 0.6 is 0 Å². The third-order valence-corrected chi connectivity index (χ3v) is 2.99. The second-order valence-corrected chi connectivity index (χ2v) is 4.74. The van der Waals surface area contributed by atoms with Crippen LogP contribution in [-0.4, -0.2) is 19.0 Å². The first-order valence-electron chi connectivity index (χ1n) is 7.26. The lowest BCUT2D eigenvalue weighted by Crippen LogP contribution is -1.99. The van der Waals surface area contributed by atoms with E-state index in [4.69, 9.17) is 20.3 Å². The van der Waals surface area contributed by atoms with Crippen LogP contribution < -0.4 is 9.47 Å². The van der Waals surface area contributed by atoms with Crippen molar-refractivity contribution in [2.45, 2.75) is 13.8 Å². The quantitative estimate of drug-likeness (QED) is 0.442. The summed E-state index contributed by atoms with van der Waals surface area (Å²) in [5.74, 6) is 4.41. The number of aryl methyl sites for hydroxylation is 1. The molecule has 0 amide bonds. The Morgan fingerprint density at radius 1 is 1.26 bits per heavy atom. The van der Waals surface area contributed by atoms with Gasteiger partial charge in [0.1, 0.15) is 12.4 Å². The van der Waals surface area contributed by atoms with Crippen molar-refractivity contribution < 1.29 is 18.7 Å². The molecule has 4 nitrogen and oxygen atoms in total. The SMILES string of the molecule is C#CCOc1ccc(/C=C/C(=O)c2ccc(C)o2)cc1OCC. The number of allylic oxidation sites excluding steroid dienone is 1. The number of ketones is 1. The van der Waals surface area contributed by atoms with E-state index < -0.39 is 0 Å². The van der Waals surface area contributed by atoms with Crippen molar-refractivity contribution in [3.05, 3.63) is 53.5 Å². The van der Waals surface area contributed by atoms with Gasteiger partial charge in [-0.3, -0.25) is 4.79 Å². The summed E-state index contributed by atoms with van der Waals surface area (Å²) in [6, 6.07) is 8.80. The molecule has 0 spiro atoms. The van der Waals surface area contributed by atoms with E-state index in [0.29, 0.717) is 29.6 Å². The lowest BCUT2D eigenvalue weighted by molar-refractivity contribution is 0.102. The molecule has 0 unspecified atom stereocenters. The predicted molar refractivity (Wildman–Crippen MR) is 88.7 cm³/mol. The Labute approximate surface area is 135 Å². The maximum absolute atomic E-state index is 12.0. The zero-order valence-corrected chi connectivity index (χ0v) is 13.2. The molecule has 1 heterocycles. The summed E-state index contributed by atoms with van der Waals surface area (Å²) >= 11 is 0. The summed E-state index contributed by atoms with van der Waals surface area (Å²) in [6.45, 7) is 4.36. The topological polar surface area (TPSA) is 48.7 Å². The van der Waals surface area contributed by atoms with Crippen LogP contribution in [0.2, 0.25) is 0 Å². The number of carbonyl (C=O) groups excluding carboxylic acids is 1. The molecule has 2 aromatic rings. The molecule has 0 saturated heterocycles. The van der Waals surface area contributed by atoms with Gasteiger partial charge in [-0.1, -0.05) is 18.1 Å². The van der Waals surface area contributed by atoms with Gasteiger partial charge >= 0.3 is 0 Å². The summed E-state index contributed by atoms with van der Waals surface area (Å²) in [4.78, 5) is 12.0. The summed E-state index contributed by atoms with van der Waals surface area (Å²) in [5, 5.41) is 0. The minimum atomic E-state index is -0.191. The van der Waals surface area contributed by atoms with Crippen LogP contribution in [0.3, 0.4) is 0 Å². The van der Waals surface area contributed by atoms with Crippen LogP contribution in [0.25, 0.3) is 6.08 Å². The van der Waals surface area contributed by atoms with Gasteiger partial charge in [-0.25, -0.2) is 0 Å². The van der Waals surface area contributed by atoms with Gasteiger partial charge in [0, 0.05) is 0 Å². The molecule has 118 valence electrons. The Kier molecular flexibility index (Phi) is 5.65. The average molecular weight is 310 g/mol. The van der Waals surface area contributed by atoms with Gasteiger partial charge in [-0.05, 0) is 49.8 Å². The summed E-state index contributed by atoms with van der Waals surface area (Å²) in [5.41, 5.74) is 0.818. The Balaban J connectivity index is 2.16. The normalized spacial score (nSPS) is 10.5. The number of ether oxygens (including phenoxy) is 2. The largest absolute Gasteiger partial charge is 0.490 e. The van der Waals surface area contributed by atoms with Crippen molar-refractivity contribution in [2.75, 3.05) is 13.2 Å². The van der Waals surface area contributed by atoms with Crippen LogP contribution in [0.1, 0.15) is 28.8 Å². The van der Waals surface area contributed by atoms with Crippen molar-refractivity contribution in [2.24, 2.45) is 0 Å². The average Bonchev–Trinajstić information content (AvgIpc) is 2.98. The molecule has 0 aliphatic rings. The van der Waals surface area contributed by atoms with E-state index in [1.807, 2.05) is 13.0 Å². The highest BCUT2D eigenvalue weighted by Crippen LogP contribution is 2.29. The molecule has 1 aromatic heterocycles. The van der Waals surface area contributed by atoms with Crippen LogP contribution in [0.4, 0.5) is 0 Å². The number of benzene rings is 1. The molecule has 0 aliphatic carbocycles. The van der Waals surface area contributed by atoms with Crippen molar-refractivity contribution in [3.8, 4) is 23.8 Å². The van der Waals surface area contributed by atoms with E-state index >= 15 is 0 Å². The van der Waals surface area contributed by atoms with Crippen LogP contribution in [-0.2, 0) is 0 Å². The van der Waals surface area contributed by atoms with E-state index in [-0.39, 0.29) is 12.4 Å². The molecule has 0 atom stereocenters. The first-order chi connectivity index (χ1) is 11.1. The van der Waals surface area contributed by atoms with Crippen molar-refractivity contribution in [1.29, 1.82) is 0 Å². The predicted octanol–water partition coefficient (Wildman–Crippen LogP) is 3.89. The zero-order valence-electron chi connectivity index (χ0n) is 13.2. The van der Waals surface area contributed by atoms with Gasteiger partial charge in [-0.15, -0.1) is 6.42 Å². The van der Waals surface area contributed by atoms with Gasteiger partial charge < -0.3 is 13.9 Å². The maximum Gasteiger partial charge on any atom is 0.221 e. The molecule has 0 aliphatic heterocycles. The van der Waals surface area contributed by atoms with E-state index in [2.05, 4.69) is 5.92 Å². The van der Waals surface area contributed by atoms with Gasteiger partial charge in [0.15, 0.2) is 17.3 Å². The smallest absolute Gasteiger partial charge is 0.221 e. The molecule has 0 radical (unpaired) electrons. The Morgan fingerprint density at radius 3 is 2.74 bits per heavy atom. The number of hydrogen-bond donors (Lipinski definition) is 0. The third-order valence-electron chi connectivity index (χ3n) is 2.99. The molecule has 0 saturated carbocycles. The minimum absolute atomic E-state index is 0.172. The molecule has 1 aromatic carbocycles. The standard InChI is InChI=1S/C19H18O4/c1-4-12-22-18-11-8-15(13-19(18)21-5-2)7-9-16(20)17-10-6-14(3)23-17/h1,6-11,13H,5,12H2,2-3H3/b9-7+. The molecule has 4 heteroatoms. The highest BCUT2D eigenvalue weighted by Gasteiger charge is 2.08. The van der Waals surface area contributed by atoms with Crippen LogP contribution in [0, 0.1) is 19.3 Å². The summed E-state index contributed by atoms with van der Waals surface area (Å²) < 4.78 is 16.3. The van der Waals surface area contributed by atoms with Crippen molar-refractivity contribution in [3.63, 3.8) is 0 Å². The third kappa shape index (κ3) is 4.52. The van der Waals surface area contributed by atoms with Crippen molar-refractivity contribution >= 4 is 11.9 Å². The second-order valence-electron chi connectivity index (χ2n) is 4.74. The fourth-order valence-corrected chi connectivity index (χ4v) is 1.96. The number of hydrogen-bond acceptors (Lipinski definition) is 4. The monoisotopic (exact) mass is 310 g/mol. The Bertz CT molecular complexity index is 747. The second kappa shape index (κ2) is 7.90. The fourth-order valence-electron chi connectivity index (χ4n) is 1.96. The summed E-state index contributed by atoms with van der Waals surface area (Å²) in [7, 11) is 0. The highest BCUT2D eigenvalue weighted by atomic mass is 16.5. The van der Waals surface area contributed by atoms with Gasteiger partial charge in [0.2, 0.25) is 5.78 Å². The minimum Gasteiger partial charge on any atom is -0.490 e. The van der Waals surface area contributed by atoms with E-state index in [0.717, 1.165) is 5.56 Å². The molecule has 2 rings (SSSR count). The highest BCUT2D eigenvalue weighted by molar-refractivity contribution is 6.04. The molecule has 0 fully saturated rings. The van der Waals surface area contributed by atoms with Crippen LogP contribution in [0.15, 0.2) is 40.8 Å². The molecule has 0 bridgehead atoms. The first kappa shape index (κ1) is 16.4. The Hall–Kier alpha value is -2.93. The van der Waals surface area contributed by atoms with E-state index in [9.17, 15) is 4.79 Å². The molecule has 23 heavy (non-hydrogen) atoms. The fraction of sp³-hybridized carbons (Fsp3) is 0.211. The van der Waals surface area contributed by atoms with E-state index in [1.54, 1.807) is 37.3 Å². The Morgan fingerprint density at radius 2 is 2.09 bits per heavy atom. The lowest BCUT2D eigenvalue weighted by Gasteiger charge is -2.10. The number of rotatable bonds is 7. The maximum atomic E-state index is 12.0. The van der Waals surface area contributed by atoms with Gasteiger partial charge in [-0.2, -0.15) is 0 Å². The van der Waals surface area contributed by atoms with Crippen molar-refractivity contribution in [1.82, 2.24) is 0 Å². The number of furan rings is 1. The van der Waals surface area contributed by atoms with Gasteiger partial charge in [0.25, 0.3) is 0 Å². The molecular weight excluding hydrogens is 292 g/mol. The number of terminal acetylenes is 1. The van der Waals surface area contributed by atoms with Gasteiger partial charge in [0.05, 0.1) is 6.61 Å².